The van der Waals surface area contributed by atoms with Crippen molar-refractivity contribution < 1.29 is 13.5 Å². The second-order valence-electron chi connectivity index (χ2n) is 3.56. The van der Waals surface area contributed by atoms with Gasteiger partial charge in [-0.2, -0.15) is 0 Å². The number of hydrogen-bond donors (Lipinski definition) is 0. The fourth-order valence-electron chi connectivity index (χ4n) is 1.38. The lowest BCUT2D eigenvalue weighted by molar-refractivity contribution is 0.436. The Morgan fingerprint density at radius 3 is 2.56 bits per heavy atom. The Morgan fingerprint density at radius 1 is 1.11 bits per heavy atom. The summed E-state index contributed by atoms with van der Waals surface area (Å²) in [7, 11) is 0. The van der Waals surface area contributed by atoms with Crippen LogP contribution in [0.5, 0.6) is 11.5 Å². The zero-order valence-corrected chi connectivity index (χ0v) is 11.4. The highest BCUT2D eigenvalue weighted by atomic mass is 79.9. The highest BCUT2D eigenvalue weighted by Crippen LogP contribution is 2.29. The van der Waals surface area contributed by atoms with Crippen LogP contribution in [0.2, 0.25) is 5.02 Å². The van der Waals surface area contributed by atoms with Crippen LogP contribution in [0.3, 0.4) is 0 Å². The topological polar surface area (TPSA) is 9.23 Å². The van der Waals surface area contributed by atoms with E-state index in [4.69, 9.17) is 16.3 Å². The second kappa shape index (κ2) is 5.67. The Labute approximate surface area is 116 Å². The molecule has 2 aromatic rings. The molecule has 0 unspecified atom stereocenters. The number of benzene rings is 2. The molecule has 2 rings (SSSR count). The van der Waals surface area contributed by atoms with Gasteiger partial charge in [0.25, 0.3) is 0 Å². The summed E-state index contributed by atoms with van der Waals surface area (Å²) < 4.78 is 31.6. The van der Waals surface area contributed by atoms with Crippen LogP contribution in [0.15, 0.2) is 36.4 Å². The van der Waals surface area contributed by atoms with E-state index in [0.29, 0.717) is 16.1 Å². The third kappa shape index (κ3) is 3.00. The molecule has 94 valence electrons. The molecule has 0 aliphatic rings. The van der Waals surface area contributed by atoms with Crippen LogP contribution in [0, 0.1) is 11.6 Å². The molecule has 0 saturated heterocycles. The molecule has 0 heterocycles. The molecule has 0 amide bonds. The highest BCUT2D eigenvalue weighted by Gasteiger charge is 2.08. The van der Waals surface area contributed by atoms with Gasteiger partial charge >= 0.3 is 0 Å². The molecular formula is C13H8BrClF2O. The van der Waals surface area contributed by atoms with Crippen molar-refractivity contribution in [3.8, 4) is 11.5 Å². The Hall–Kier alpha value is -1.13. The van der Waals surface area contributed by atoms with Crippen molar-refractivity contribution in [2.45, 2.75) is 5.33 Å². The first kappa shape index (κ1) is 13.3. The molecule has 0 aliphatic carbocycles. The number of rotatable bonds is 3. The van der Waals surface area contributed by atoms with Crippen molar-refractivity contribution in [1.29, 1.82) is 0 Å². The largest absolute Gasteiger partial charge is 0.454 e. The molecule has 2 aromatic carbocycles. The Bertz CT molecular complexity index is 575. The van der Waals surface area contributed by atoms with E-state index in [1.54, 1.807) is 18.2 Å². The fourth-order valence-corrected chi connectivity index (χ4v) is 2.27. The van der Waals surface area contributed by atoms with Gasteiger partial charge in [-0.1, -0.05) is 33.6 Å². The normalized spacial score (nSPS) is 10.4. The molecule has 0 fully saturated rings. The van der Waals surface area contributed by atoms with E-state index in [0.717, 1.165) is 23.8 Å². The molecule has 0 aromatic heterocycles. The lowest BCUT2D eigenvalue weighted by Gasteiger charge is -2.08. The molecule has 0 saturated carbocycles. The zero-order valence-electron chi connectivity index (χ0n) is 9.09. The van der Waals surface area contributed by atoms with E-state index in [-0.39, 0.29) is 5.75 Å². The average Bonchev–Trinajstić information content (AvgIpc) is 2.34. The maximum Gasteiger partial charge on any atom is 0.165 e. The number of halogens is 4. The van der Waals surface area contributed by atoms with Crippen LogP contribution in [-0.4, -0.2) is 0 Å². The quantitative estimate of drug-likeness (QED) is 0.692. The average molecular weight is 334 g/mol. The van der Waals surface area contributed by atoms with Gasteiger partial charge in [0.2, 0.25) is 0 Å². The van der Waals surface area contributed by atoms with E-state index in [2.05, 4.69) is 15.9 Å². The third-order valence-electron chi connectivity index (χ3n) is 2.29. The predicted octanol–water partition coefficient (Wildman–Crippen LogP) is 5.31. The van der Waals surface area contributed by atoms with E-state index in [9.17, 15) is 8.78 Å². The van der Waals surface area contributed by atoms with Crippen LogP contribution in [-0.2, 0) is 5.33 Å². The molecule has 0 N–H and O–H groups in total. The SMILES string of the molecule is Fc1ccc(F)c(Oc2ccc(CBr)c(Cl)c2)c1. The van der Waals surface area contributed by atoms with E-state index in [1.807, 2.05) is 0 Å². The fraction of sp³-hybridized carbons (Fsp3) is 0.0769. The van der Waals surface area contributed by atoms with Crippen LogP contribution in [0.25, 0.3) is 0 Å². The monoisotopic (exact) mass is 332 g/mol. The summed E-state index contributed by atoms with van der Waals surface area (Å²) >= 11 is 9.27. The molecular weight excluding hydrogens is 325 g/mol. The van der Waals surface area contributed by atoms with Crippen molar-refractivity contribution >= 4 is 27.5 Å². The van der Waals surface area contributed by atoms with Gasteiger partial charge in [-0.05, 0) is 29.8 Å². The summed E-state index contributed by atoms with van der Waals surface area (Å²) in [4.78, 5) is 0. The minimum atomic E-state index is -0.628. The lowest BCUT2D eigenvalue weighted by atomic mass is 10.2. The van der Waals surface area contributed by atoms with Crippen molar-refractivity contribution in [2.24, 2.45) is 0 Å². The minimum absolute atomic E-state index is 0.169. The maximum atomic E-state index is 13.4. The van der Waals surface area contributed by atoms with E-state index in [1.165, 1.54) is 0 Å². The molecule has 0 radical (unpaired) electrons. The van der Waals surface area contributed by atoms with Crippen molar-refractivity contribution in [3.63, 3.8) is 0 Å². The summed E-state index contributed by atoms with van der Waals surface area (Å²) in [6.07, 6.45) is 0. The standard InChI is InChI=1S/C13H8BrClF2O/c14-7-8-1-3-10(6-11(8)15)18-13-5-9(16)2-4-12(13)17/h1-6H,7H2. The Morgan fingerprint density at radius 2 is 1.89 bits per heavy atom. The first-order chi connectivity index (χ1) is 8.60. The zero-order chi connectivity index (χ0) is 13.1. The van der Waals surface area contributed by atoms with Gasteiger partial charge in [0.1, 0.15) is 11.6 Å². The van der Waals surface area contributed by atoms with Gasteiger partial charge in [0.15, 0.2) is 11.6 Å². The summed E-state index contributed by atoms with van der Waals surface area (Å²) in [5.74, 6) is -1.00. The van der Waals surface area contributed by atoms with E-state index < -0.39 is 11.6 Å². The highest BCUT2D eigenvalue weighted by molar-refractivity contribution is 9.08. The smallest absolute Gasteiger partial charge is 0.165 e. The van der Waals surface area contributed by atoms with Crippen molar-refractivity contribution in [3.05, 3.63) is 58.6 Å². The molecule has 0 aliphatic heterocycles. The maximum absolute atomic E-state index is 13.4. The summed E-state index contributed by atoms with van der Waals surface area (Å²) in [6.45, 7) is 0. The molecule has 0 bridgehead atoms. The van der Waals surface area contributed by atoms with Gasteiger partial charge in [0.05, 0.1) is 0 Å². The molecule has 0 atom stereocenters. The third-order valence-corrected chi connectivity index (χ3v) is 3.25. The molecule has 1 nitrogen and oxygen atoms in total. The minimum Gasteiger partial charge on any atom is -0.454 e. The molecule has 5 heteroatoms. The van der Waals surface area contributed by atoms with Crippen LogP contribution in [0.1, 0.15) is 5.56 Å². The second-order valence-corrected chi connectivity index (χ2v) is 4.53. The number of hydrogen-bond acceptors (Lipinski definition) is 1. The number of ether oxygens (including phenoxy) is 1. The summed E-state index contributed by atoms with van der Waals surface area (Å²) in [6, 6.07) is 7.99. The Balaban J connectivity index is 2.28. The number of alkyl halides is 1. The van der Waals surface area contributed by atoms with Crippen LogP contribution >= 0.6 is 27.5 Å². The summed E-state index contributed by atoms with van der Waals surface area (Å²) in [5, 5.41) is 1.11. The van der Waals surface area contributed by atoms with Gasteiger partial charge in [-0.25, -0.2) is 8.78 Å². The predicted molar refractivity (Wildman–Crippen MR) is 70.5 cm³/mol. The van der Waals surface area contributed by atoms with E-state index >= 15 is 0 Å². The first-order valence-electron chi connectivity index (χ1n) is 5.07. The molecule has 0 spiro atoms. The lowest BCUT2D eigenvalue weighted by Crippen LogP contribution is -1.90. The molecule has 18 heavy (non-hydrogen) atoms. The van der Waals surface area contributed by atoms with Gasteiger partial charge in [0, 0.05) is 16.4 Å². The van der Waals surface area contributed by atoms with Crippen molar-refractivity contribution in [2.75, 3.05) is 0 Å². The Kier molecular flexibility index (Phi) is 4.19. The van der Waals surface area contributed by atoms with Gasteiger partial charge in [-0.15, -0.1) is 0 Å². The first-order valence-corrected chi connectivity index (χ1v) is 6.57. The van der Waals surface area contributed by atoms with Crippen LogP contribution < -0.4 is 4.74 Å². The van der Waals surface area contributed by atoms with Gasteiger partial charge in [-0.3, -0.25) is 0 Å². The van der Waals surface area contributed by atoms with Gasteiger partial charge < -0.3 is 4.74 Å². The van der Waals surface area contributed by atoms with Crippen molar-refractivity contribution in [1.82, 2.24) is 0 Å². The van der Waals surface area contributed by atoms with Crippen LogP contribution in [0.4, 0.5) is 8.78 Å². The summed E-state index contributed by atoms with van der Waals surface area (Å²) in [5.41, 5.74) is 0.892.